The zero-order valence-electron chi connectivity index (χ0n) is 10.5. The highest BCUT2D eigenvalue weighted by atomic mass is 32.1. The molecule has 0 bridgehead atoms. The van der Waals surface area contributed by atoms with Gasteiger partial charge < -0.3 is 10.2 Å². The van der Waals surface area contributed by atoms with Crippen LogP contribution in [-0.2, 0) is 6.54 Å². The summed E-state index contributed by atoms with van der Waals surface area (Å²) >= 11 is 1.75. The van der Waals surface area contributed by atoms with Crippen molar-refractivity contribution in [1.29, 1.82) is 0 Å². The summed E-state index contributed by atoms with van der Waals surface area (Å²) < 4.78 is 0. The van der Waals surface area contributed by atoms with Crippen molar-refractivity contribution in [3.8, 4) is 10.6 Å². The summed E-state index contributed by atoms with van der Waals surface area (Å²) in [5.74, 6) is 0. The van der Waals surface area contributed by atoms with Gasteiger partial charge in [-0.1, -0.05) is 6.07 Å². The maximum absolute atomic E-state index is 4.17. The fraction of sp³-hybridized carbons (Fsp3) is 0.462. The van der Waals surface area contributed by atoms with Crippen LogP contribution >= 0.6 is 11.3 Å². The van der Waals surface area contributed by atoms with E-state index in [0.717, 1.165) is 18.8 Å². The van der Waals surface area contributed by atoms with Gasteiger partial charge in [0.15, 0.2) is 0 Å². The molecule has 0 saturated carbocycles. The summed E-state index contributed by atoms with van der Waals surface area (Å²) in [7, 11) is 2.18. The molecule has 1 atom stereocenters. The second-order valence-corrected chi connectivity index (χ2v) is 5.82. The Bertz CT molecular complexity index is 491. The van der Waals surface area contributed by atoms with E-state index in [0.29, 0.717) is 6.04 Å². The summed E-state index contributed by atoms with van der Waals surface area (Å²) in [6, 6.07) is 4.82. The van der Waals surface area contributed by atoms with Gasteiger partial charge in [-0.05, 0) is 31.5 Å². The smallest absolute Gasteiger partial charge is 0.0794 e. The van der Waals surface area contributed by atoms with Crippen molar-refractivity contribution >= 4 is 11.3 Å². The highest BCUT2D eigenvalue weighted by Gasteiger charge is 2.19. The van der Waals surface area contributed by atoms with Crippen LogP contribution in [0.15, 0.2) is 23.7 Å². The lowest BCUT2D eigenvalue weighted by Crippen LogP contribution is -2.30. The molecule has 0 aromatic carbocycles. The minimum Gasteiger partial charge on any atom is -0.308 e. The standard InChI is InChI=1S/C13H18N4S/c1-17-5-4-11(9-17)14-7-10-8-15-16-13(10)12-3-2-6-18-12/h2-3,6,8,11,14H,4-5,7,9H2,1H3,(H,15,16). The van der Waals surface area contributed by atoms with E-state index < -0.39 is 0 Å². The quantitative estimate of drug-likeness (QED) is 0.885. The van der Waals surface area contributed by atoms with Crippen molar-refractivity contribution in [2.24, 2.45) is 0 Å². The molecule has 96 valence electrons. The van der Waals surface area contributed by atoms with Crippen LogP contribution in [0.25, 0.3) is 10.6 Å². The van der Waals surface area contributed by atoms with Crippen LogP contribution in [0.3, 0.4) is 0 Å². The van der Waals surface area contributed by atoms with E-state index in [1.54, 1.807) is 11.3 Å². The number of hydrogen-bond donors (Lipinski definition) is 2. The maximum atomic E-state index is 4.17. The lowest BCUT2D eigenvalue weighted by molar-refractivity contribution is 0.398. The van der Waals surface area contributed by atoms with Gasteiger partial charge in [0.1, 0.15) is 0 Å². The summed E-state index contributed by atoms with van der Waals surface area (Å²) in [5.41, 5.74) is 2.41. The lowest BCUT2D eigenvalue weighted by Gasteiger charge is -2.12. The van der Waals surface area contributed by atoms with Crippen LogP contribution in [-0.4, -0.2) is 41.3 Å². The SMILES string of the molecule is CN1CCC(NCc2cn[nH]c2-c2cccs2)C1. The van der Waals surface area contributed by atoms with E-state index in [4.69, 9.17) is 0 Å². The number of likely N-dealkylation sites (tertiary alicyclic amines) is 1. The monoisotopic (exact) mass is 262 g/mol. The van der Waals surface area contributed by atoms with E-state index in [1.807, 2.05) is 6.20 Å². The van der Waals surface area contributed by atoms with Crippen molar-refractivity contribution < 1.29 is 0 Å². The number of aromatic nitrogens is 2. The number of H-pyrrole nitrogens is 1. The minimum absolute atomic E-state index is 0.612. The first-order valence-corrected chi connectivity index (χ1v) is 7.19. The second kappa shape index (κ2) is 5.22. The number of likely N-dealkylation sites (N-methyl/N-ethyl adjacent to an activating group) is 1. The van der Waals surface area contributed by atoms with Crippen molar-refractivity contribution in [2.45, 2.75) is 19.0 Å². The molecule has 1 unspecified atom stereocenters. The average Bonchev–Trinajstić information content (AvgIpc) is 3.07. The van der Waals surface area contributed by atoms with Gasteiger partial charge in [0.2, 0.25) is 0 Å². The molecule has 0 spiro atoms. The Labute approximate surface area is 111 Å². The number of aromatic amines is 1. The topological polar surface area (TPSA) is 44.0 Å². The van der Waals surface area contributed by atoms with Gasteiger partial charge in [0.05, 0.1) is 16.8 Å². The van der Waals surface area contributed by atoms with Gasteiger partial charge in [-0.25, -0.2) is 0 Å². The number of nitrogens with zero attached hydrogens (tertiary/aromatic N) is 2. The van der Waals surface area contributed by atoms with Crippen LogP contribution in [0.4, 0.5) is 0 Å². The largest absolute Gasteiger partial charge is 0.308 e. The molecular weight excluding hydrogens is 244 g/mol. The van der Waals surface area contributed by atoms with Crippen LogP contribution in [0, 0.1) is 0 Å². The molecular formula is C13H18N4S. The van der Waals surface area contributed by atoms with Gasteiger partial charge >= 0.3 is 0 Å². The van der Waals surface area contributed by atoms with Crippen molar-refractivity contribution in [2.75, 3.05) is 20.1 Å². The summed E-state index contributed by atoms with van der Waals surface area (Å²) in [5, 5.41) is 13.0. The molecule has 2 N–H and O–H groups in total. The van der Waals surface area contributed by atoms with Crippen LogP contribution in [0.2, 0.25) is 0 Å². The molecule has 3 rings (SSSR count). The summed E-state index contributed by atoms with van der Waals surface area (Å²) in [4.78, 5) is 3.63. The zero-order chi connectivity index (χ0) is 12.4. The van der Waals surface area contributed by atoms with Gasteiger partial charge in [0, 0.05) is 24.7 Å². The summed E-state index contributed by atoms with van der Waals surface area (Å²) in [6.45, 7) is 3.23. The molecule has 1 fully saturated rings. The molecule has 1 aliphatic rings. The molecule has 0 amide bonds. The number of nitrogens with one attached hydrogen (secondary N) is 2. The fourth-order valence-electron chi connectivity index (χ4n) is 2.44. The van der Waals surface area contributed by atoms with E-state index in [1.165, 1.54) is 23.4 Å². The van der Waals surface area contributed by atoms with E-state index >= 15 is 0 Å². The number of thiophene rings is 1. The first-order valence-electron chi connectivity index (χ1n) is 6.31. The first-order chi connectivity index (χ1) is 8.83. The first kappa shape index (κ1) is 11.9. The predicted molar refractivity (Wildman–Crippen MR) is 74.6 cm³/mol. The molecule has 3 heterocycles. The van der Waals surface area contributed by atoms with Gasteiger partial charge in [-0.15, -0.1) is 11.3 Å². The molecule has 2 aromatic rings. The normalized spacial score (nSPS) is 20.6. The van der Waals surface area contributed by atoms with Gasteiger partial charge in [-0.2, -0.15) is 5.10 Å². The van der Waals surface area contributed by atoms with Gasteiger partial charge in [-0.3, -0.25) is 5.10 Å². The van der Waals surface area contributed by atoms with E-state index in [9.17, 15) is 0 Å². The highest BCUT2D eigenvalue weighted by Crippen LogP contribution is 2.25. The maximum Gasteiger partial charge on any atom is 0.0794 e. The Morgan fingerprint density at radius 1 is 1.61 bits per heavy atom. The zero-order valence-corrected chi connectivity index (χ0v) is 11.3. The molecule has 2 aromatic heterocycles. The van der Waals surface area contributed by atoms with Crippen LogP contribution in [0.5, 0.6) is 0 Å². The van der Waals surface area contributed by atoms with E-state index in [-0.39, 0.29) is 0 Å². The number of rotatable bonds is 4. The predicted octanol–water partition coefficient (Wildman–Crippen LogP) is 1.93. The third kappa shape index (κ3) is 2.48. The van der Waals surface area contributed by atoms with E-state index in [2.05, 4.69) is 45.0 Å². The lowest BCUT2D eigenvalue weighted by atomic mass is 10.2. The third-order valence-electron chi connectivity index (χ3n) is 3.46. The number of hydrogen-bond acceptors (Lipinski definition) is 4. The van der Waals surface area contributed by atoms with Gasteiger partial charge in [0.25, 0.3) is 0 Å². The fourth-order valence-corrected chi connectivity index (χ4v) is 3.19. The van der Waals surface area contributed by atoms with Crippen LogP contribution < -0.4 is 5.32 Å². The summed E-state index contributed by atoms with van der Waals surface area (Å²) in [6.07, 6.45) is 3.17. The highest BCUT2D eigenvalue weighted by molar-refractivity contribution is 7.13. The Morgan fingerprint density at radius 3 is 3.28 bits per heavy atom. The third-order valence-corrected chi connectivity index (χ3v) is 4.35. The second-order valence-electron chi connectivity index (χ2n) is 4.88. The molecule has 1 aliphatic heterocycles. The molecule has 0 aliphatic carbocycles. The van der Waals surface area contributed by atoms with Crippen molar-refractivity contribution in [1.82, 2.24) is 20.4 Å². The molecule has 5 heteroatoms. The Balaban J connectivity index is 1.65. The molecule has 4 nitrogen and oxygen atoms in total. The Hall–Kier alpha value is -1.17. The van der Waals surface area contributed by atoms with Crippen molar-refractivity contribution in [3.63, 3.8) is 0 Å². The Morgan fingerprint density at radius 2 is 2.56 bits per heavy atom. The van der Waals surface area contributed by atoms with Crippen molar-refractivity contribution in [3.05, 3.63) is 29.3 Å². The molecule has 0 radical (unpaired) electrons. The molecule has 1 saturated heterocycles. The van der Waals surface area contributed by atoms with Crippen LogP contribution in [0.1, 0.15) is 12.0 Å². The Kier molecular flexibility index (Phi) is 3.45. The minimum atomic E-state index is 0.612. The molecule has 18 heavy (non-hydrogen) atoms. The average molecular weight is 262 g/mol.